The summed E-state index contributed by atoms with van der Waals surface area (Å²) in [5.74, 6) is 0.452. The first-order valence-electron chi connectivity index (χ1n) is 9.29. The smallest absolute Gasteiger partial charge is 0.239 e. The van der Waals surface area contributed by atoms with Gasteiger partial charge in [0.1, 0.15) is 0 Å². The predicted octanol–water partition coefficient (Wildman–Crippen LogP) is 2.17. The Balaban J connectivity index is 1.53. The quantitative estimate of drug-likeness (QED) is 0.850. The van der Waals surface area contributed by atoms with Crippen molar-refractivity contribution in [1.82, 2.24) is 4.90 Å². The van der Waals surface area contributed by atoms with Crippen LogP contribution in [-0.4, -0.2) is 48.9 Å². The van der Waals surface area contributed by atoms with Crippen LogP contribution in [0.4, 0.5) is 0 Å². The van der Waals surface area contributed by atoms with E-state index in [1.807, 2.05) is 36.1 Å². The van der Waals surface area contributed by atoms with Crippen molar-refractivity contribution in [3.63, 3.8) is 0 Å². The maximum absolute atomic E-state index is 12.7. The monoisotopic (exact) mass is 344 g/mol. The molecule has 2 heterocycles. The molecule has 1 amide bonds. The van der Waals surface area contributed by atoms with Crippen LogP contribution in [0.1, 0.15) is 41.6 Å². The molecule has 0 saturated carbocycles. The van der Waals surface area contributed by atoms with Crippen LogP contribution in [0.3, 0.4) is 0 Å². The summed E-state index contributed by atoms with van der Waals surface area (Å²) in [7, 11) is 0. The maximum Gasteiger partial charge on any atom is 0.239 e. The van der Waals surface area contributed by atoms with Gasteiger partial charge in [0.25, 0.3) is 0 Å². The highest BCUT2D eigenvalue weighted by Crippen LogP contribution is 2.24. The number of nitrogens with two attached hydrogens (primary N) is 1. The van der Waals surface area contributed by atoms with Crippen molar-refractivity contribution in [1.29, 1.82) is 0 Å². The van der Waals surface area contributed by atoms with Crippen molar-refractivity contribution in [2.45, 2.75) is 38.6 Å². The van der Waals surface area contributed by atoms with Gasteiger partial charge in [-0.3, -0.25) is 9.59 Å². The topological polar surface area (TPSA) is 72.6 Å². The minimum Gasteiger partial charge on any atom is -0.381 e. The lowest BCUT2D eigenvalue weighted by atomic mass is 9.87. The Morgan fingerprint density at radius 2 is 1.68 bits per heavy atom. The first-order chi connectivity index (χ1) is 12.1. The highest BCUT2D eigenvalue weighted by molar-refractivity contribution is 5.98. The SMILES string of the molecule is Cc1ccc(C(=O)C2CCN(C(=O)C(N)C3CCOCC3)CC2)cc1. The van der Waals surface area contributed by atoms with E-state index in [9.17, 15) is 9.59 Å². The molecule has 1 atom stereocenters. The summed E-state index contributed by atoms with van der Waals surface area (Å²) in [4.78, 5) is 27.1. The molecule has 5 heteroatoms. The molecule has 2 N–H and O–H groups in total. The van der Waals surface area contributed by atoms with E-state index in [1.165, 1.54) is 0 Å². The number of rotatable bonds is 4. The van der Waals surface area contributed by atoms with Crippen molar-refractivity contribution in [2.75, 3.05) is 26.3 Å². The number of likely N-dealkylation sites (tertiary alicyclic amines) is 1. The van der Waals surface area contributed by atoms with Gasteiger partial charge in [0.15, 0.2) is 5.78 Å². The highest BCUT2D eigenvalue weighted by atomic mass is 16.5. The number of amides is 1. The third kappa shape index (κ3) is 4.28. The number of Topliss-reactive ketones (excluding diaryl/α,β-unsaturated/α-hetero) is 1. The summed E-state index contributed by atoms with van der Waals surface area (Å²) in [6, 6.07) is 7.30. The lowest BCUT2D eigenvalue weighted by molar-refractivity contribution is -0.136. The van der Waals surface area contributed by atoms with E-state index in [2.05, 4.69) is 0 Å². The molecule has 2 fully saturated rings. The summed E-state index contributed by atoms with van der Waals surface area (Å²) in [6.07, 6.45) is 3.16. The number of ether oxygens (including phenoxy) is 1. The van der Waals surface area contributed by atoms with Crippen molar-refractivity contribution in [2.24, 2.45) is 17.6 Å². The molecule has 3 rings (SSSR count). The molecule has 0 spiro atoms. The van der Waals surface area contributed by atoms with Crippen LogP contribution in [0.2, 0.25) is 0 Å². The molecule has 25 heavy (non-hydrogen) atoms. The number of aryl methyl sites for hydroxylation is 1. The van der Waals surface area contributed by atoms with Crippen molar-refractivity contribution in [3.8, 4) is 0 Å². The largest absolute Gasteiger partial charge is 0.381 e. The normalized spacial score (nSPS) is 21.1. The Hall–Kier alpha value is -1.72. The second-order valence-electron chi connectivity index (χ2n) is 7.31. The van der Waals surface area contributed by atoms with Crippen molar-refractivity contribution < 1.29 is 14.3 Å². The molecular weight excluding hydrogens is 316 g/mol. The molecule has 0 aromatic heterocycles. The molecule has 5 nitrogen and oxygen atoms in total. The van der Waals surface area contributed by atoms with Crippen LogP contribution >= 0.6 is 0 Å². The number of carbonyl (C=O) groups is 2. The van der Waals surface area contributed by atoms with Crippen LogP contribution in [-0.2, 0) is 9.53 Å². The van der Waals surface area contributed by atoms with E-state index in [-0.39, 0.29) is 23.5 Å². The van der Waals surface area contributed by atoms with Gasteiger partial charge in [-0.25, -0.2) is 0 Å². The average molecular weight is 344 g/mol. The van der Waals surface area contributed by atoms with Gasteiger partial charge in [-0.05, 0) is 38.5 Å². The fourth-order valence-electron chi connectivity index (χ4n) is 3.80. The fourth-order valence-corrected chi connectivity index (χ4v) is 3.80. The van der Waals surface area contributed by atoms with Gasteiger partial charge in [-0.1, -0.05) is 29.8 Å². The van der Waals surface area contributed by atoms with Crippen LogP contribution in [0.5, 0.6) is 0 Å². The van der Waals surface area contributed by atoms with Gasteiger partial charge >= 0.3 is 0 Å². The zero-order chi connectivity index (χ0) is 17.8. The minimum absolute atomic E-state index is 0.00561. The summed E-state index contributed by atoms with van der Waals surface area (Å²) < 4.78 is 5.35. The first-order valence-corrected chi connectivity index (χ1v) is 9.29. The number of ketones is 1. The van der Waals surface area contributed by atoms with E-state index in [4.69, 9.17) is 10.5 Å². The number of hydrogen-bond donors (Lipinski definition) is 1. The number of carbonyl (C=O) groups excluding carboxylic acids is 2. The minimum atomic E-state index is -0.437. The first kappa shape index (κ1) is 18.1. The second kappa shape index (κ2) is 8.11. The molecule has 2 aliphatic heterocycles. The van der Waals surface area contributed by atoms with Gasteiger partial charge in [-0.2, -0.15) is 0 Å². The Morgan fingerprint density at radius 1 is 1.08 bits per heavy atom. The van der Waals surface area contributed by atoms with Crippen LogP contribution in [0, 0.1) is 18.8 Å². The third-order valence-electron chi connectivity index (χ3n) is 5.57. The standard InChI is InChI=1S/C20H28N2O3/c1-14-2-4-16(5-3-14)19(23)17-6-10-22(11-7-17)20(24)18(21)15-8-12-25-13-9-15/h2-5,15,17-18H,6-13,21H2,1H3. The Kier molecular flexibility index (Phi) is 5.86. The summed E-state index contributed by atoms with van der Waals surface area (Å²) in [5, 5.41) is 0. The predicted molar refractivity (Wildman–Crippen MR) is 96.3 cm³/mol. The average Bonchev–Trinajstić information content (AvgIpc) is 2.67. The molecule has 1 unspecified atom stereocenters. The lowest BCUT2D eigenvalue weighted by Gasteiger charge is -2.35. The number of hydrogen-bond acceptors (Lipinski definition) is 4. The molecule has 1 aromatic carbocycles. The molecule has 0 aliphatic carbocycles. The van der Waals surface area contributed by atoms with E-state index < -0.39 is 6.04 Å². The van der Waals surface area contributed by atoms with Gasteiger partial charge in [0, 0.05) is 37.8 Å². The molecule has 136 valence electrons. The molecule has 0 bridgehead atoms. The Labute approximate surface area is 149 Å². The fraction of sp³-hybridized carbons (Fsp3) is 0.600. The van der Waals surface area contributed by atoms with Crippen molar-refractivity contribution >= 4 is 11.7 Å². The maximum atomic E-state index is 12.7. The molecule has 2 saturated heterocycles. The van der Waals surface area contributed by atoms with Gasteiger partial charge in [-0.15, -0.1) is 0 Å². The number of benzene rings is 1. The summed E-state index contributed by atoms with van der Waals surface area (Å²) >= 11 is 0. The van der Waals surface area contributed by atoms with Crippen LogP contribution in [0.15, 0.2) is 24.3 Å². The Morgan fingerprint density at radius 3 is 2.28 bits per heavy atom. The number of nitrogens with zero attached hydrogens (tertiary/aromatic N) is 1. The van der Waals surface area contributed by atoms with Gasteiger partial charge in [0.05, 0.1) is 6.04 Å². The second-order valence-corrected chi connectivity index (χ2v) is 7.31. The van der Waals surface area contributed by atoms with E-state index in [0.29, 0.717) is 26.3 Å². The zero-order valence-electron chi connectivity index (χ0n) is 14.9. The van der Waals surface area contributed by atoms with E-state index in [1.54, 1.807) is 0 Å². The van der Waals surface area contributed by atoms with E-state index in [0.717, 1.165) is 36.8 Å². The highest BCUT2D eigenvalue weighted by Gasteiger charge is 2.33. The van der Waals surface area contributed by atoms with Crippen molar-refractivity contribution in [3.05, 3.63) is 35.4 Å². The number of piperidine rings is 1. The summed E-state index contributed by atoms with van der Waals surface area (Å²) in [6.45, 7) is 4.65. The molecular formula is C20H28N2O3. The zero-order valence-corrected chi connectivity index (χ0v) is 14.9. The third-order valence-corrected chi connectivity index (χ3v) is 5.57. The van der Waals surface area contributed by atoms with Crippen LogP contribution < -0.4 is 5.73 Å². The van der Waals surface area contributed by atoms with E-state index >= 15 is 0 Å². The van der Waals surface area contributed by atoms with Gasteiger partial charge < -0.3 is 15.4 Å². The molecule has 0 radical (unpaired) electrons. The Bertz CT molecular complexity index is 600. The van der Waals surface area contributed by atoms with Gasteiger partial charge in [0.2, 0.25) is 5.91 Å². The van der Waals surface area contributed by atoms with Crippen LogP contribution in [0.25, 0.3) is 0 Å². The summed E-state index contributed by atoms with van der Waals surface area (Å²) in [5.41, 5.74) is 8.13. The lowest BCUT2D eigenvalue weighted by Crippen LogP contribution is -2.51. The molecule has 2 aliphatic rings. The molecule has 1 aromatic rings.